The Hall–Kier alpha value is -2.61. The van der Waals surface area contributed by atoms with Gasteiger partial charge in [0.05, 0.1) is 5.56 Å². The summed E-state index contributed by atoms with van der Waals surface area (Å²) in [6.07, 6.45) is 8.48. The second kappa shape index (κ2) is 7.91. The smallest absolute Gasteiger partial charge is 0.164 e. The van der Waals surface area contributed by atoms with E-state index in [1.807, 2.05) is 0 Å². The van der Waals surface area contributed by atoms with Gasteiger partial charge >= 0.3 is 0 Å². The summed E-state index contributed by atoms with van der Waals surface area (Å²) < 4.78 is 14.4. The molecule has 2 fully saturated rings. The molecule has 6 nitrogen and oxygen atoms in total. The van der Waals surface area contributed by atoms with Gasteiger partial charge in [-0.1, -0.05) is 11.6 Å². The molecule has 2 aromatic heterocycles. The van der Waals surface area contributed by atoms with Crippen LogP contribution >= 0.6 is 11.6 Å². The molecule has 0 saturated heterocycles. The summed E-state index contributed by atoms with van der Waals surface area (Å²) in [5.74, 6) is 0.811. The second-order valence-corrected chi connectivity index (χ2v) is 8.26. The normalized spacial score (nSPS) is 17.0. The van der Waals surface area contributed by atoms with Gasteiger partial charge < -0.3 is 10.4 Å². The van der Waals surface area contributed by atoms with Crippen molar-refractivity contribution < 1.29 is 9.50 Å². The Kier molecular flexibility index (Phi) is 5.10. The Labute approximate surface area is 178 Å². The van der Waals surface area contributed by atoms with Crippen molar-refractivity contribution in [1.29, 1.82) is 0 Å². The van der Waals surface area contributed by atoms with E-state index in [-0.39, 0.29) is 11.4 Å². The van der Waals surface area contributed by atoms with Gasteiger partial charge in [0.1, 0.15) is 17.9 Å². The molecule has 1 aromatic carbocycles. The Balaban J connectivity index is 1.51. The average Bonchev–Trinajstić information content (AvgIpc) is 3.65. The third-order valence-electron chi connectivity index (χ3n) is 5.37. The van der Waals surface area contributed by atoms with Gasteiger partial charge in [0.15, 0.2) is 5.82 Å². The Morgan fingerprint density at radius 1 is 1.13 bits per heavy atom. The molecule has 154 valence electrons. The van der Waals surface area contributed by atoms with E-state index < -0.39 is 12.0 Å². The summed E-state index contributed by atoms with van der Waals surface area (Å²) in [6.45, 7) is 0. The molecule has 3 N–H and O–H groups in total. The zero-order valence-corrected chi connectivity index (χ0v) is 16.9. The summed E-state index contributed by atoms with van der Waals surface area (Å²) in [6, 6.07) is 6.46. The van der Waals surface area contributed by atoms with Gasteiger partial charge in [-0.2, -0.15) is 0 Å². The number of nitrogens with zero attached hydrogens (tertiary/aromatic N) is 3. The van der Waals surface area contributed by atoms with Crippen LogP contribution in [0, 0.1) is 5.82 Å². The van der Waals surface area contributed by atoms with E-state index in [4.69, 9.17) is 11.6 Å². The summed E-state index contributed by atoms with van der Waals surface area (Å²) in [4.78, 5) is 13.2. The van der Waals surface area contributed by atoms with Gasteiger partial charge in [-0.25, -0.2) is 14.4 Å². The Bertz CT molecular complexity index is 1090. The number of aromatic nitrogens is 3. The SMILES string of the molecule is OC(NC1CC1)c1cnccc1Nc1nc(-c2cc(Cl)ccc2F)ncc1C1CC1. The fourth-order valence-corrected chi connectivity index (χ4v) is 3.58. The maximum Gasteiger partial charge on any atom is 0.164 e. The van der Waals surface area contributed by atoms with E-state index in [0.29, 0.717) is 34.1 Å². The molecular weight excluding hydrogens is 405 g/mol. The molecular formula is C22H21ClFN5O. The van der Waals surface area contributed by atoms with Crippen LogP contribution in [-0.4, -0.2) is 26.1 Å². The first-order valence-electron chi connectivity index (χ1n) is 10.1. The number of anilines is 2. The summed E-state index contributed by atoms with van der Waals surface area (Å²) in [5.41, 5.74) is 2.57. The molecule has 0 radical (unpaired) electrons. The van der Waals surface area contributed by atoms with Crippen LogP contribution in [0.1, 0.15) is 49.0 Å². The largest absolute Gasteiger partial charge is 0.374 e. The number of aliphatic hydroxyl groups excluding tert-OH is 1. The van der Waals surface area contributed by atoms with E-state index >= 15 is 0 Å². The molecule has 0 bridgehead atoms. The fourth-order valence-electron chi connectivity index (χ4n) is 3.41. The van der Waals surface area contributed by atoms with Crippen LogP contribution in [0.2, 0.25) is 5.02 Å². The zero-order valence-electron chi connectivity index (χ0n) is 16.1. The minimum atomic E-state index is -0.829. The van der Waals surface area contributed by atoms with Crippen molar-refractivity contribution in [2.75, 3.05) is 5.32 Å². The highest BCUT2D eigenvalue weighted by Gasteiger charge is 2.29. The van der Waals surface area contributed by atoms with Gasteiger partial charge in [-0.3, -0.25) is 10.3 Å². The number of nitrogens with one attached hydrogen (secondary N) is 2. The zero-order chi connectivity index (χ0) is 20.7. The fraction of sp³-hybridized carbons (Fsp3) is 0.318. The van der Waals surface area contributed by atoms with Crippen molar-refractivity contribution in [3.05, 3.63) is 64.8 Å². The van der Waals surface area contributed by atoms with Gasteiger partial charge in [-0.05, 0) is 55.9 Å². The Morgan fingerprint density at radius 3 is 2.73 bits per heavy atom. The van der Waals surface area contributed by atoms with Gasteiger partial charge in [0.25, 0.3) is 0 Å². The van der Waals surface area contributed by atoms with Crippen molar-refractivity contribution in [3.63, 3.8) is 0 Å². The molecule has 0 amide bonds. The van der Waals surface area contributed by atoms with Crippen LogP contribution < -0.4 is 10.6 Å². The van der Waals surface area contributed by atoms with Crippen molar-refractivity contribution in [3.8, 4) is 11.4 Å². The number of aliphatic hydroxyl groups is 1. The lowest BCUT2D eigenvalue weighted by Gasteiger charge is -2.18. The summed E-state index contributed by atoms with van der Waals surface area (Å²) in [5, 5.41) is 17.5. The molecule has 30 heavy (non-hydrogen) atoms. The minimum absolute atomic E-state index is 0.248. The first kappa shape index (κ1) is 19.4. The van der Waals surface area contributed by atoms with Gasteiger partial charge in [0, 0.05) is 46.5 Å². The summed E-state index contributed by atoms with van der Waals surface area (Å²) in [7, 11) is 0. The van der Waals surface area contributed by atoms with Crippen LogP contribution in [0.5, 0.6) is 0 Å². The molecule has 2 saturated carbocycles. The van der Waals surface area contributed by atoms with Crippen molar-refractivity contribution in [2.45, 2.75) is 43.9 Å². The third-order valence-corrected chi connectivity index (χ3v) is 5.61. The van der Waals surface area contributed by atoms with Crippen LogP contribution in [0.15, 0.2) is 42.9 Å². The van der Waals surface area contributed by atoms with Crippen molar-refractivity contribution in [1.82, 2.24) is 20.3 Å². The third kappa shape index (κ3) is 4.14. The van der Waals surface area contributed by atoms with E-state index in [1.165, 1.54) is 18.2 Å². The van der Waals surface area contributed by atoms with Crippen LogP contribution in [0.4, 0.5) is 15.9 Å². The predicted molar refractivity (Wildman–Crippen MR) is 113 cm³/mol. The molecule has 0 spiro atoms. The standard InChI is InChI=1S/C22H21ClFN5O/c23-13-3-6-18(24)15(9-13)20-26-11-16(12-1-2-12)21(29-20)28-19-7-8-25-10-17(19)22(30)27-14-4-5-14/h3,6-12,14,22,27,30H,1-2,4-5H2,(H,25,26,28,29). The maximum atomic E-state index is 14.4. The van der Waals surface area contributed by atoms with Crippen LogP contribution in [0.25, 0.3) is 11.4 Å². The first-order valence-corrected chi connectivity index (χ1v) is 10.4. The predicted octanol–water partition coefficient (Wildman–Crippen LogP) is 4.70. The first-order chi connectivity index (χ1) is 14.6. The van der Waals surface area contributed by atoms with Gasteiger partial charge in [-0.15, -0.1) is 0 Å². The molecule has 3 aromatic rings. The van der Waals surface area contributed by atoms with E-state index in [9.17, 15) is 9.50 Å². The van der Waals surface area contributed by atoms with Crippen LogP contribution in [-0.2, 0) is 0 Å². The topological polar surface area (TPSA) is 83.0 Å². The second-order valence-electron chi connectivity index (χ2n) is 7.83. The molecule has 0 aliphatic heterocycles. The Morgan fingerprint density at radius 2 is 1.97 bits per heavy atom. The monoisotopic (exact) mass is 425 g/mol. The average molecular weight is 426 g/mol. The lowest BCUT2D eigenvalue weighted by atomic mass is 10.1. The quantitative estimate of drug-likeness (QED) is 0.476. The number of hydrogen-bond acceptors (Lipinski definition) is 6. The van der Waals surface area contributed by atoms with Crippen LogP contribution in [0.3, 0.4) is 0 Å². The molecule has 8 heteroatoms. The number of pyridine rings is 1. The number of hydrogen-bond donors (Lipinski definition) is 3. The molecule has 5 rings (SSSR count). The number of rotatable bonds is 7. The molecule has 2 heterocycles. The highest BCUT2D eigenvalue weighted by atomic mass is 35.5. The lowest BCUT2D eigenvalue weighted by molar-refractivity contribution is 0.137. The molecule has 1 unspecified atom stereocenters. The molecule has 2 aliphatic rings. The minimum Gasteiger partial charge on any atom is -0.374 e. The number of halogens is 2. The van der Waals surface area contributed by atoms with E-state index in [1.54, 1.807) is 24.7 Å². The van der Waals surface area contributed by atoms with E-state index in [2.05, 4.69) is 25.6 Å². The van der Waals surface area contributed by atoms with E-state index in [0.717, 1.165) is 31.2 Å². The highest BCUT2D eigenvalue weighted by Crippen LogP contribution is 2.44. The van der Waals surface area contributed by atoms with Gasteiger partial charge in [0.2, 0.25) is 0 Å². The molecule has 2 aliphatic carbocycles. The lowest BCUT2D eigenvalue weighted by Crippen LogP contribution is -2.23. The molecule has 1 atom stereocenters. The maximum absolute atomic E-state index is 14.4. The van der Waals surface area contributed by atoms with Crippen molar-refractivity contribution in [2.24, 2.45) is 0 Å². The van der Waals surface area contributed by atoms with Crippen molar-refractivity contribution >= 4 is 23.1 Å². The summed E-state index contributed by atoms with van der Waals surface area (Å²) >= 11 is 6.05. The highest BCUT2D eigenvalue weighted by molar-refractivity contribution is 6.30. The number of benzene rings is 1.